The van der Waals surface area contributed by atoms with Crippen LogP contribution in [0.15, 0.2) is 48.5 Å². The normalized spacial score (nSPS) is 14.8. The van der Waals surface area contributed by atoms with Crippen molar-refractivity contribution in [2.45, 2.75) is 71.9 Å². The van der Waals surface area contributed by atoms with Crippen molar-refractivity contribution in [3.05, 3.63) is 88.0 Å². The smallest absolute Gasteiger partial charge is 0.410 e. The van der Waals surface area contributed by atoms with Crippen molar-refractivity contribution in [2.75, 3.05) is 13.2 Å². The van der Waals surface area contributed by atoms with Crippen LogP contribution in [-0.4, -0.2) is 57.6 Å². The van der Waals surface area contributed by atoms with E-state index < -0.39 is 29.7 Å². The van der Waals surface area contributed by atoms with Crippen molar-refractivity contribution in [3.63, 3.8) is 0 Å². The fourth-order valence-electron chi connectivity index (χ4n) is 5.44. The minimum atomic E-state index is -1.12. The van der Waals surface area contributed by atoms with Crippen molar-refractivity contribution in [3.8, 4) is 11.1 Å². The highest BCUT2D eigenvalue weighted by Gasteiger charge is 2.39. The lowest BCUT2D eigenvalue weighted by atomic mass is 9.87. The van der Waals surface area contributed by atoms with E-state index in [9.17, 15) is 28.7 Å². The Bertz CT molecular complexity index is 1560. The second-order valence-corrected chi connectivity index (χ2v) is 11.7. The summed E-state index contributed by atoms with van der Waals surface area (Å²) in [6.45, 7) is 8.79. The Morgan fingerprint density at radius 3 is 2.23 bits per heavy atom. The minimum absolute atomic E-state index is 0.0357. The second-order valence-electron chi connectivity index (χ2n) is 11.7. The number of carboxylic acid groups (broad SMARTS) is 1. The van der Waals surface area contributed by atoms with Crippen LogP contribution in [0.4, 0.5) is 9.18 Å². The molecule has 4 rings (SSSR count). The Labute approximate surface area is 256 Å². The molecule has 0 unspecified atom stereocenters. The summed E-state index contributed by atoms with van der Waals surface area (Å²) < 4.78 is 24.7. The summed E-state index contributed by atoms with van der Waals surface area (Å²) in [6.07, 6.45) is 1.27. The molecule has 44 heavy (non-hydrogen) atoms. The molecule has 2 heterocycles. The van der Waals surface area contributed by atoms with E-state index >= 15 is 0 Å². The number of nitrogens with zero attached hydrogens (tertiary/aromatic N) is 2. The standard InChI is InChI=1S/C34H37FN2O7/c1-6-43-32(41)29-28(22-12-14-23(15-13-22)31(39)40)27(20(2)38)25(18-11-21-9-16-24(35)17-10-21)36-30(29)26-8-7-19-37(26)33(42)44-34(3,4)5/h9-10,12-17,26H,6-8,11,18-19H2,1-5H3,(H,39,40)/t26-/m0/s1. The number of Topliss-reactive ketones (excluding diaryl/α,β-unsaturated/α-hetero) is 1. The van der Waals surface area contributed by atoms with Gasteiger partial charge in [0.05, 0.1) is 35.2 Å². The zero-order valence-corrected chi connectivity index (χ0v) is 25.6. The third-order valence-electron chi connectivity index (χ3n) is 7.31. The van der Waals surface area contributed by atoms with Crippen LogP contribution >= 0.6 is 0 Å². The number of aromatic nitrogens is 1. The number of carbonyl (C=O) groups is 4. The molecule has 9 nitrogen and oxygen atoms in total. The number of benzene rings is 2. The van der Waals surface area contributed by atoms with E-state index in [1.54, 1.807) is 56.9 Å². The van der Waals surface area contributed by atoms with Crippen LogP contribution in [0.5, 0.6) is 0 Å². The van der Waals surface area contributed by atoms with Gasteiger partial charge >= 0.3 is 18.0 Å². The topological polar surface area (TPSA) is 123 Å². The van der Waals surface area contributed by atoms with Gasteiger partial charge in [-0.2, -0.15) is 0 Å². The quantitative estimate of drug-likeness (QED) is 0.208. The van der Waals surface area contributed by atoms with Crippen molar-refractivity contribution in [1.82, 2.24) is 9.88 Å². The maximum absolute atomic E-state index is 13.8. The predicted octanol–water partition coefficient (Wildman–Crippen LogP) is 6.82. The van der Waals surface area contributed by atoms with Crippen LogP contribution in [0, 0.1) is 5.82 Å². The summed E-state index contributed by atoms with van der Waals surface area (Å²) >= 11 is 0. The number of carboxylic acids is 1. The lowest BCUT2D eigenvalue weighted by molar-refractivity contribution is 0.0216. The Balaban J connectivity index is 1.99. The number of likely N-dealkylation sites (tertiary alicyclic amines) is 1. The molecular formula is C34H37FN2O7. The second kappa shape index (κ2) is 13.4. The predicted molar refractivity (Wildman–Crippen MR) is 161 cm³/mol. The molecule has 2 aromatic carbocycles. The maximum Gasteiger partial charge on any atom is 0.410 e. The number of carbonyl (C=O) groups excluding carboxylic acids is 3. The van der Waals surface area contributed by atoms with Crippen LogP contribution in [0.1, 0.15) is 102 Å². The van der Waals surface area contributed by atoms with Gasteiger partial charge in [-0.1, -0.05) is 24.3 Å². The summed E-state index contributed by atoms with van der Waals surface area (Å²) in [4.78, 5) is 58.5. The highest BCUT2D eigenvalue weighted by molar-refractivity contribution is 6.09. The van der Waals surface area contributed by atoms with Crippen molar-refractivity contribution in [1.29, 1.82) is 0 Å². The molecule has 232 valence electrons. The lowest BCUT2D eigenvalue weighted by Crippen LogP contribution is -2.37. The molecule has 0 radical (unpaired) electrons. The van der Waals surface area contributed by atoms with E-state index in [1.165, 1.54) is 31.2 Å². The van der Waals surface area contributed by atoms with Gasteiger partial charge in [-0.3, -0.25) is 14.7 Å². The molecule has 3 aromatic rings. The van der Waals surface area contributed by atoms with E-state index in [0.29, 0.717) is 37.1 Å². The Hall–Kier alpha value is -4.60. The minimum Gasteiger partial charge on any atom is -0.478 e. The van der Waals surface area contributed by atoms with E-state index in [4.69, 9.17) is 14.5 Å². The first-order chi connectivity index (χ1) is 20.8. The summed E-state index contributed by atoms with van der Waals surface area (Å²) in [5, 5.41) is 9.48. The van der Waals surface area contributed by atoms with E-state index in [2.05, 4.69) is 0 Å². The SMILES string of the molecule is CCOC(=O)c1c([C@@H]2CCCN2C(=O)OC(C)(C)C)nc(CCc2ccc(F)cc2)c(C(C)=O)c1-c1ccc(C(=O)O)cc1. The van der Waals surface area contributed by atoms with Gasteiger partial charge in [-0.25, -0.2) is 18.8 Å². The van der Waals surface area contributed by atoms with Crippen LogP contribution < -0.4 is 0 Å². The number of hydrogen-bond donors (Lipinski definition) is 1. The summed E-state index contributed by atoms with van der Waals surface area (Å²) in [5.74, 6) is -2.55. The molecule has 0 bridgehead atoms. The van der Waals surface area contributed by atoms with Gasteiger partial charge in [-0.05, 0) is 95.7 Å². The number of hydrogen-bond acceptors (Lipinski definition) is 7. The molecule has 1 aromatic heterocycles. The van der Waals surface area contributed by atoms with Gasteiger partial charge in [0.1, 0.15) is 11.4 Å². The number of esters is 1. The molecule has 1 fully saturated rings. The third kappa shape index (κ3) is 7.30. The summed E-state index contributed by atoms with van der Waals surface area (Å²) in [7, 11) is 0. The van der Waals surface area contributed by atoms with Gasteiger partial charge in [-0.15, -0.1) is 0 Å². The van der Waals surface area contributed by atoms with Crippen LogP contribution in [0.3, 0.4) is 0 Å². The number of pyridine rings is 1. The highest BCUT2D eigenvalue weighted by Crippen LogP contribution is 2.40. The Morgan fingerprint density at radius 1 is 1.00 bits per heavy atom. The molecule has 0 saturated carbocycles. The van der Waals surface area contributed by atoms with Gasteiger partial charge in [0, 0.05) is 17.7 Å². The molecule has 10 heteroatoms. The first-order valence-electron chi connectivity index (χ1n) is 14.6. The Morgan fingerprint density at radius 2 is 1.66 bits per heavy atom. The summed E-state index contributed by atoms with van der Waals surface area (Å²) in [6, 6.07) is 11.3. The maximum atomic E-state index is 13.8. The molecule has 1 aliphatic rings. The zero-order chi connectivity index (χ0) is 32.2. The van der Waals surface area contributed by atoms with Crippen molar-refractivity contribution < 1.29 is 38.1 Å². The van der Waals surface area contributed by atoms with Gasteiger partial charge in [0.25, 0.3) is 0 Å². The largest absolute Gasteiger partial charge is 0.478 e. The lowest BCUT2D eigenvalue weighted by Gasteiger charge is -2.30. The molecular weight excluding hydrogens is 567 g/mol. The average Bonchev–Trinajstić information content (AvgIpc) is 3.45. The highest BCUT2D eigenvalue weighted by atomic mass is 19.1. The van der Waals surface area contributed by atoms with Crippen molar-refractivity contribution >= 4 is 23.8 Å². The fourth-order valence-corrected chi connectivity index (χ4v) is 5.44. The molecule has 0 aliphatic carbocycles. The molecule has 0 spiro atoms. The van der Waals surface area contributed by atoms with Gasteiger partial charge in [0.15, 0.2) is 5.78 Å². The Kier molecular flexibility index (Phi) is 9.81. The van der Waals surface area contributed by atoms with E-state index in [0.717, 1.165) is 5.56 Å². The molecule has 1 atom stereocenters. The van der Waals surface area contributed by atoms with Gasteiger partial charge in [0.2, 0.25) is 0 Å². The number of aromatic carboxylic acids is 1. The first kappa shape index (κ1) is 32.3. The van der Waals surface area contributed by atoms with Crippen molar-refractivity contribution in [2.24, 2.45) is 0 Å². The summed E-state index contributed by atoms with van der Waals surface area (Å²) in [5.41, 5.74) is 1.73. The van der Waals surface area contributed by atoms with Crippen LogP contribution in [0.2, 0.25) is 0 Å². The van der Waals surface area contributed by atoms with Crippen LogP contribution in [-0.2, 0) is 22.3 Å². The molecule has 1 aliphatic heterocycles. The number of amides is 1. The molecule has 1 saturated heterocycles. The van der Waals surface area contributed by atoms with E-state index in [1.807, 2.05) is 0 Å². The number of ketones is 1. The first-order valence-corrected chi connectivity index (χ1v) is 14.6. The molecule has 1 N–H and O–H groups in total. The average molecular weight is 605 g/mol. The van der Waals surface area contributed by atoms with E-state index in [-0.39, 0.29) is 52.6 Å². The number of aryl methyl sites for hydroxylation is 2. The zero-order valence-electron chi connectivity index (χ0n) is 25.6. The third-order valence-corrected chi connectivity index (χ3v) is 7.31. The van der Waals surface area contributed by atoms with Gasteiger partial charge < -0.3 is 14.6 Å². The number of rotatable bonds is 9. The number of halogens is 1. The molecule has 1 amide bonds. The van der Waals surface area contributed by atoms with Crippen LogP contribution in [0.25, 0.3) is 11.1 Å². The monoisotopic (exact) mass is 604 g/mol. The number of ether oxygens (including phenoxy) is 2. The fraction of sp³-hybridized carbons (Fsp3) is 0.382.